The molecule has 0 aromatic rings. The lowest BCUT2D eigenvalue weighted by Crippen LogP contribution is -2.63. The SMILES string of the molecule is CC(=O)C1(N)C=CN(F)C(=O)N1. The summed E-state index contributed by atoms with van der Waals surface area (Å²) in [6, 6.07) is -1.05. The van der Waals surface area contributed by atoms with Gasteiger partial charge in [-0.15, -0.1) is 5.12 Å². The second-order valence-corrected chi connectivity index (χ2v) is 2.48. The number of carbonyl (C=O) groups is 2. The van der Waals surface area contributed by atoms with Gasteiger partial charge in [-0.25, -0.2) is 4.79 Å². The molecule has 1 aliphatic rings. The highest BCUT2D eigenvalue weighted by Crippen LogP contribution is 2.09. The van der Waals surface area contributed by atoms with Crippen LogP contribution in [0.25, 0.3) is 0 Å². The first-order chi connectivity index (χ1) is 5.46. The molecule has 1 rings (SSSR count). The molecule has 1 atom stereocenters. The fourth-order valence-corrected chi connectivity index (χ4v) is 0.728. The summed E-state index contributed by atoms with van der Waals surface area (Å²) >= 11 is 0. The van der Waals surface area contributed by atoms with Crippen LogP contribution in [0.1, 0.15) is 6.92 Å². The molecule has 0 aromatic heterocycles. The Kier molecular flexibility index (Phi) is 1.85. The van der Waals surface area contributed by atoms with E-state index in [0.29, 0.717) is 0 Å². The lowest BCUT2D eigenvalue weighted by molar-refractivity contribution is -0.121. The molecule has 1 unspecified atom stereocenters. The number of urea groups is 1. The minimum atomic E-state index is -1.57. The number of nitrogens with zero attached hydrogens (tertiary/aromatic N) is 1. The van der Waals surface area contributed by atoms with Gasteiger partial charge in [0.2, 0.25) is 0 Å². The fraction of sp³-hybridized carbons (Fsp3) is 0.333. The van der Waals surface area contributed by atoms with E-state index >= 15 is 0 Å². The molecule has 66 valence electrons. The Morgan fingerprint density at radius 3 is 2.83 bits per heavy atom. The predicted octanol–water partition coefficient (Wildman–Crippen LogP) is -0.346. The molecule has 0 aliphatic carbocycles. The summed E-state index contributed by atoms with van der Waals surface area (Å²) in [5.41, 5.74) is 3.82. The van der Waals surface area contributed by atoms with Gasteiger partial charge < -0.3 is 5.32 Å². The fourth-order valence-electron chi connectivity index (χ4n) is 0.728. The van der Waals surface area contributed by atoms with Crippen molar-refractivity contribution in [2.45, 2.75) is 12.6 Å². The van der Waals surface area contributed by atoms with E-state index < -0.39 is 17.5 Å². The van der Waals surface area contributed by atoms with Crippen molar-refractivity contribution in [1.29, 1.82) is 0 Å². The highest BCUT2D eigenvalue weighted by molar-refractivity contribution is 5.93. The lowest BCUT2D eigenvalue weighted by Gasteiger charge is -2.28. The Balaban J connectivity index is 2.92. The van der Waals surface area contributed by atoms with E-state index in [4.69, 9.17) is 5.73 Å². The van der Waals surface area contributed by atoms with Crippen molar-refractivity contribution in [3.63, 3.8) is 0 Å². The van der Waals surface area contributed by atoms with Crippen LogP contribution in [0.4, 0.5) is 9.28 Å². The van der Waals surface area contributed by atoms with Gasteiger partial charge in [0.25, 0.3) is 0 Å². The molecule has 0 fully saturated rings. The van der Waals surface area contributed by atoms with Crippen LogP contribution in [0.2, 0.25) is 0 Å². The number of hydrogen-bond acceptors (Lipinski definition) is 3. The number of carbonyl (C=O) groups excluding carboxylic acids is 2. The number of Topliss-reactive ketones (excluding diaryl/α,β-unsaturated/α-hetero) is 1. The molecule has 3 N–H and O–H groups in total. The number of nitrogens with two attached hydrogens (primary N) is 1. The standard InChI is InChI=1S/C6H8FN3O2/c1-4(11)6(8)2-3-10(7)5(12)9-6/h2-3H,8H2,1H3,(H,9,12). The highest BCUT2D eigenvalue weighted by Gasteiger charge is 2.34. The van der Waals surface area contributed by atoms with Gasteiger partial charge >= 0.3 is 6.03 Å². The third kappa shape index (κ3) is 1.28. The third-order valence-electron chi connectivity index (χ3n) is 1.56. The Labute approximate surface area is 67.9 Å². The van der Waals surface area contributed by atoms with Crippen LogP contribution < -0.4 is 11.1 Å². The highest BCUT2D eigenvalue weighted by atomic mass is 19.2. The molecule has 6 heteroatoms. The Morgan fingerprint density at radius 1 is 1.83 bits per heavy atom. The molecule has 0 bridgehead atoms. The van der Waals surface area contributed by atoms with Crippen LogP contribution in [0.15, 0.2) is 12.3 Å². The molecule has 0 saturated carbocycles. The van der Waals surface area contributed by atoms with Crippen LogP contribution in [-0.2, 0) is 4.79 Å². The molecular weight excluding hydrogens is 165 g/mol. The van der Waals surface area contributed by atoms with E-state index in [2.05, 4.69) is 0 Å². The Bertz CT molecular complexity index is 266. The molecule has 12 heavy (non-hydrogen) atoms. The van der Waals surface area contributed by atoms with E-state index in [9.17, 15) is 14.1 Å². The molecule has 0 radical (unpaired) electrons. The van der Waals surface area contributed by atoms with Crippen LogP contribution in [0.3, 0.4) is 0 Å². The minimum Gasteiger partial charge on any atom is -0.308 e. The summed E-state index contributed by atoms with van der Waals surface area (Å²) < 4.78 is 12.4. The van der Waals surface area contributed by atoms with E-state index in [-0.39, 0.29) is 5.12 Å². The van der Waals surface area contributed by atoms with Gasteiger partial charge in [-0.3, -0.25) is 10.5 Å². The second kappa shape index (κ2) is 2.56. The molecule has 5 nitrogen and oxygen atoms in total. The van der Waals surface area contributed by atoms with Crippen LogP contribution in [0, 0.1) is 0 Å². The molecule has 0 saturated heterocycles. The summed E-state index contributed by atoms with van der Waals surface area (Å²) in [6.45, 7) is 1.21. The lowest BCUT2D eigenvalue weighted by atomic mass is 10.1. The van der Waals surface area contributed by atoms with E-state index in [1.54, 1.807) is 0 Å². The summed E-state index contributed by atoms with van der Waals surface area (Å²) in [4.78, 5) is 21.5. The van der Waals surface area contributed by atoms with Gasteiger partial charge in [0, 0.05) is 6.20 Å². The zero-order valence-electron chi connectivity index (χ0n) is 6.37. The number of hydrogen-bond donors (Lipinski definition) is 2. The quantitative estimate of drug-likeness (QED) is 0.532. The molecule has 0 spiro atoms. The monoisotopic (exact) mass is 173 g/mol. The number of nitrogens with one attached hydrogen (secondary N) is 1. The van der Waals surface area contributed by atoms with Gasteiger partial charge in [-0.2, -0.15) is 0 Å². The van der Waals surface area contributed by atoms with Crippen LogP contribution in [-0.4, -0.2) is 22.6 Å². The van der Waals surface area contributed by atoms with Crippen LogP contribution >= 0.6 is 0 Å². The zero-order valence-corrected chi connectivity index (χ0v) is 6.37. The molecule has 1 heterocycles. The number of rotatable bonds is 1. The first kappa shape index (κ1) is 8.66. The molecule has 2 amide bonds. The molecule has 0 aromatic carbocycles. The second-order valence-electron chi connectivity index (χ2n) is 2.48. The number of amides is 2. The maximum atomic E-state index is 12.4. The topological polar surface area (TPSA) is 75.4 Å². The number of halogens is 1. The number of ketones is 1. The average molecular weight is 173 g/mol. The van der Waals surface area contributed by atoms with Crippen molar-refractivity contribution in [3.8, 4) is 0 Å². The first-order valence-electron chi connectivity index (χ1n) is 3.22. The summed E-state index contributed by atoms with van der Waals surface area (Å²) in [7, 11) is 0. The van der Waals surface area contributed by atoms with Crippen molar-refractivity contribution in [2.24, 2.45) is 5.73 Å². The zero-order chi connectivity index (χ0) is 9.35. The summed E-state index contributed by atoms with van der Waals surface area (Å²) in [5, 5.41) is 1.81. The molecular formula is C6H8FN3O2. The van der Waals surface area contributed by atoms with Crippen molar-refractivity contribution >= 4 is 11.8 Å². The smallest absolute Gasteiger partial charge is 0.308 e. The van der Waals surface area contributed by atoms with Gasteiger partial charge in [0.15, 0.2) is 11.4 Å². The predicted molar refractivity (Wildman–Crippen MR) is 38.2 cm³/mol. The van der Waals surface area contributed by atoms with Crippen molar-refractivity contribution in [3.05, 3.63) is 12.3 Å². The normalized spacial score (nSPS) is 28.6. The molecule has 1 aliphatic heterocycles. The van der Waals surface area contributed by atoms with E-state index in [1.807, 2.05) is 5.32 Å². The minimum absolute atomic E-state index is 0.186. The van der Waals surface area contributed by atoms with Crippen LogP contribution in [0.5, 0.6) is 0 Å². The Morgan fingerprint density at radius 2 is 2.42 bits per heavy atom. The average Bonchev–Trinajstić information content (AvgIpc) is 1.97. The van der Waals surface area contributed by atoms with E-state index in [0.717, 1.165) is 12.3 Å². The van der Waals surface area contributed by atoms with Crippen molar-refractivity contribution < 1.29 is 14.1 Å². The summed E-state index contributed by atoms with van der Waals surface area (Å²) in [5.74, 6) is -0.458. The van der Waals surface area contributed by atoms with Crippen molar-refractivity contribution in [1.82, 2.24) is 10.4 Å². The van der Waals surface area contributed by atoms with Gasteiger partial charge in [0.1, 0.15) is 0 Å². The third-order valence-corrected chi connectivity index (χ3v) is 1.56. The van der Waals surface area contributed by atoms with Gasteiger partial charge in [-0.05, 0) is 13.0 Å². The largest absolute Gasteiger partial charge is 0.351 e. The maximum Gasteiger partial charge on any atom is 0.351 e. The Hall–Kier alpha value is -1.43. The van der Waals surface area contributed by atoms with E-state index in [1.165, 1.54) is 6.92 Å². The summed E-state index contributed by atoms with van der Waals surface area (Å²) in [6.07, 6.45) is 1.89. The first-order valence-corrected chi connectivity index (χ1v) is 3.22. The van der Waals surface area contributed by atoms with Crippen molar-refractivity contribution in [2.75, 3.05) is 0 Å². The van der Waals surface area contributed by atoms with Gasteiger partial charge in [0.05, 0.1) is 0 Å². The maximum absolute atomic E-state index is 12.4. The van der Waals surface area contributed by atoms with Gasteiger partial charge in [-0.1, -0.05) is 4.48 Å².